The van der Waals surface area contributed by atoms with Crippen molar-refractivity contribution >= 4 is 5.69 Å². The first-order valence-corrected chi connectivity index (χ1v) is 6.58. The standard InChI is InChI=1S/C15H23NO/c1-11(2)14-6-5-7-15(10-14)16-8-9-17-13(4)12(16)3/h5-7,10-13H,8-9H2,1-4H3/t12-,13+/m1/s1. The van der Waals surface area contributed by atoms with E-state index in [2.05, 4.69) is 56.9 Å². The van der Waals surface area contributed by atoms with E-state index < -0.39 is 0 Å². The highest BCUT2D eigenvalue weighted by Gasteiger charge is 2.25. The summed E-state index contributed by atoms with van der Waals surface area (Å²) in [6.45, 7) is 10.7. The van der Waals surface area contributed by atoms with Crippen molar-refractivity contribution in [3.63, 3.8) is 0 Å². The number of rotatable bonds is 2. The van der Waals surface area contributed by atoms with Crippen LogP contribution < -0.4 is 4.90 Å². The van der Waals surface area contributed by atoms with Gasteiger partial charge < -0.3 is 9.64 Å². The predicted molar refractivity (Wildman–Crippen MR) is 72.8 cm³/mol. The molecule has 1 aliphatic heterocycles. The van der Waals surface area contributed by atoms with Crippen LogP contribution in [0.1, 0.15) is 39.2 Å². The molecule has 1 heterocycles. The van der Waals surface area contributed by atoms with Gasteiger partial charge in [0.05, 0.1) is 18.8 Å². The van der Waals surface area contributed by atoms with Crippen LogP contribution in [-0.4, -0.2) is 25.3 Å². The molecular weight excluding hydrogens is 210 g/mol. The van der Waals surface area contributed by atoms with Crippen LogP contribution in [0, 0.1) is 0 Å². The summed E-state index contributed by atoms with van der Waals surface area (Å²) in [5.74, 6) is 0.587. The molecule has 2 rings (SSSR count). The van der Waals surface area contributed by atoms with Crippen LogP contribution in [-0.2, 0) is 4.74 Å². The zero-order chi connectivity index (χ0) is 12.4. The molecule has 1 aliphatic rings. The molecule has 17 heavy (non-hydrogen) atoms. The van der Waals surface area contributed by atoms with E-state index in [9.17, 15) is 0 Å². The van der Waals surface area contributed by atoms with Crippen LogP contribution in [0.5, 0.6) is 0 Å². The Morgan fingerprint density at radius 3 is 2.76 bits per heavy atom. The highest BCUT2D eigenvalue weighted by atomic mass is 16.5. The molecule has 0 bridgehead atoms. The Balaban J connectivity index is 2.23. The smallest absolute Gasteiger partial charge is 0.0748 e. The Morgan fingerprint density at radius 2 is 2.06 bits per heavy atom. The van der Waals surface area contributed by atoms with E-state index in [0.717, 1.165) is 13.2 Å². The number of morpholine rings is 1. The number of hydrogen-bond donors (Lipinski definition) is 0. The number of ether oxygens (including phenoxy) is 1. The molecule has 94 valence electrons. The van der Waals surface area contributed by atoms with Gasteiger partial charge in [-0.2, -0.15) is 0 Å². The Bertz CT molecular complexity index is 375. The summed E-state index contributed by atoms with van der Waals surface area (Å²) in [5.41, 5.74) is 2.74. The number of nitrogens with zero attached hydrogens (tertiary/aromatic N) is 1. The number of benzene rings is 1. The quantitative estimate of drug-likeness (QED) is 0.776. The van der Waals surface area contributed by atoms with Crippen LogP contribution in [0.3, 0.4) is 0 Å². The lowest BCUT2D eigenvalue weighted by Crippen LogP contribution is -2.48. The lowest BCUT2D eigenvalue weighted by molar-refractivity contribution is 0.0284. The fraction of sp³-hybridized carbons (Fsp3) is 0.600. The minimum atomic E-state index is 0.312. The van der Waals surface area contributed by atoms with Crippen molar-refractivity contribution in [3.05, 3.63) is 29.8 Å². The summed E-state index contributed by atoms with van der Waals surface area (Å²) < 4.78 is 5.68. The van der Waals surface area contributed by atoms with Crippen molar-refractivity contribution in [2.75, 3.05) is 18.1 Å². The molecule has 1 fully saturated rings. The Hall–Kier alpha value is -1.02. The van der Waals surface area contributed by atoms with E-state index in [1.807, 2.05) is 0 Å². The van der Waals surface area contributed by atoms with Crippen LogP contribution in [0.15, 0.2) is 24.3 Å². The lowest BCUT2D eigenvalue weighted by atomic mass is 10.0. The average molecular weight is 233 g/mol. The Labute approximate surface area is 105 Å². The maximum atomic E-state index is 5.68. The largest absolute Gasteiger partial charge is 0.375 e. The van der Waals surface area contributed by atoms with Crippen LogP contribution in [0.2, 0.25) is 0 Å². The second-order valence-corrected chi connectivity index (χ2v) is 5.26. The highest BCUT2D eigenvalue weighted by molar-refractivity contribution is 5.50. The van der Waals surface area contributed by atoms with Crippen molar-refractivity contribution < 1.29 is 4.74 Å². The summed E-state index contributed by atoms with van der Waals surface area (Å²) in [7, 11) is 0. The first-order chi connectivity index (χ1) is 8.09. The lowest BCUT2D eigenvalue weighted by Gasteiger charge is -2.39. The topological polar surface area (TPSA) is 12.5 Å². The minimum Gasteiger partial charge on any atom is -0.375 e. The Kier molecular flexibility index (Phi) is 3.72. The van der Waals surface area contributed by atoms with Gasteiger partial charge in [0, 0.05) is 12.2 Å². The second kappa shape index (κ2) is 5.09. The van der Waals surface area contributed by atoms with Gasteiger partial charge in [0.2, 0.25) is 0 Å². The molecule has 0 radical (unpaired) electrons. The van der Waals surface area contributed by atoms with Gasteiger partial charge in [-0.15, -0.1) is 0 Å². The maximum absolute atomic E-state index is 5.68. The number of hydrogen-bond acceptors (Lipinski definition) is 2. The van der Waals surface area contributed by atoms with Gasteiger partial charge in [0.1, 0.15) is 0 Å². The molecule has 2 heteroatoms. The molecule has 1 aromatic carbocycles. The maximum Gasteiger partial charge on any atom is 0.0748 e. The predicted octanol–water partition coefficient (Wildman–Crippen LogP) is 3.42. The van der Waals surface area contributed by atoms with E-state index in [1.54, 1.807) is 0 Å². The van der Waals surface area contributed by atoms with Crippen LogP contribution in [0.25, 0.3) is 0 Å². The first kappa shape index (κ1) is 12.4. The van der Waals surface area contributed by atoms with Gasteiger partial charge in [-0.25, -0.2) is 0 Å². The molecular formula is C15H23NO. The van der Waals surface area contributed by atoms with Gasteiger partial charge in [0.15, 0.2) is 0 Å². The Morgan fingerprint density at radius 1 is 1.29 bits per heavy atom. The van der Waals surface area contributed by atoms with Gasteiger partial charge in [0.25, 0.3) is 0 Å². The van der Waals surface area contributed by atoms with E-state index in [0.29, 0.717) is 18.1 Å². The summed E-state index contributed by atoms with van der Waals surface area (Å²) in [4.78, 5) is 2.46. The molecule has 2 atom stereocenters. The van der Waals surface area contributed by atoms with E-state index in [-0.39, 0.29) is 0 Å². The zero-order valence-electron chi connectivity index (χ0n) is 11.3. The first-order valence-electron chi connectivity index (χ1n) is 6.58. The van der Waals surface area contributed by atoms with E-state index >= 15 is 0 Å². The summed E-state index contributed by atoms with van der Waals surface area (Å²) in [6, 6.07) is 9.35. The zero-order valence-corrected chi connectivity index (χ0v) is 11.3. The van der Waals surface area contributed by atoms with Crippen molar-refractivity contribution in [2.24, 2.45) is 0 Å². The summed E-state index contributed by atoms with van der Waals surface area (Å²) in [6.07, 6.45) is 0.312. The van der Waals surface area contributed by atoms with E-state index in [1.165, 1.54) is 11.3 Å². The molecule has 1 aromatic rings. The van der Waals surface area contributed by atoms with Crippen molar-refractivity contribution in [1.29, 1.82) is 0 Å². The summed E-state index contributed by atoms with van der Waals surface area (Å²) >= 11 is 0. The van der Waals surface area contributed by atoms with Gasteiger partial charge in [-0.1, -0.05) is 26.0 Å². The molecule has 0 spiro atoms. The summed E-state index contributed by atoms with van der Waals surface area (Å²) in [5, 5.41) is 0. The van der Waals surface area contributed by atoms with Crippen molar-refractivity contribution in [3.8, 4) is 0 Å². The van der Waals surface area contributed by atoms with Gasteiger partial charge in [-0.3, -0.25) is 0 Å². The number of anilines is 1. The fourth-order valence-corrected chi connectivity index (χ4v) is 2.36. The van der Waals surface area contributed by atoms with Crippen LogP contribution >= 0.6 is 0 Å². The molecule has 0 aromatic heterocycles. The normalized spacial score (nSPS) is 25.4. The van der Waals surface area contributed by atoms with E-state index in [4.69, 9.17) is 4.74 Å². The highest BCUT2D eigenvalue weighted by Crippen LogP contribution is 2.26. The third kappa shape index (κ3) is 2.63. The van der Waals surface area contributed by atoms with Crippen molar-refractivity contribution in [2.45, 2.75) is 45.8 Å². The molecule has 0 N–H and O–H groups in total. The molecule has 0 unspecified atom stereocenters. The third-order valence-electron chi connectivity index (χ3n) is 3.75. The molecule has 2 nitrogen and oxygen atoms in total. The van der Waals surface area contributed by atoms with Gasteiger partial charge in [-0.05, 0) is 37.5 Å². The van der Waals surface area contributed by atoms with Gasteiger partial charge >= 0.3 is 0 Å². The molecule has 0 saturated carbocycles. The third-order valence-corrected chi connectivity index (χ3v) is 3.75. The molecule has 0 aliphatic carbocycles. The molecule has 0 amide bonds. The van der Waals surface area contributed by atoms with Crippen LogP contribution in [0.4, 0.5) is 5.69 Å². The second-order valence-electron chi connectivity index (χ2n) is 5.26. The average Bonchev–Trinajstić information content (AvgIpc) is 2.33. The van der Waals surface area contributed by atoms with Crippen molar-refractivity contribution in [1.82, 2.24) is 0 Å². The fourth-order valence-electron chi connectivity index (χ4n) is 2.36. The SMILES string of the molecule is CC(C)c1cccc(N2CCO[C@@H](C)[C@H]2C)c1. The monoisotopic (exact) mass is 233 g/mol. The molecule has 1 saturated heterocycles. The minimum absolute atomic E-state index is 0.312.